The maximum absolute atomic E-state index is 12.0. The van der Waals surface area contributed by atoms with E-state index in [-0.39, 0.29) is 24.2 Å². The molecule has 2 aliphatic carbocycles. The third kappa shape index (κ3) is 3.71. The second-order valence-corrected chi connectivity index (χ2v) is 8.55. The Kier molecular flexibility index (Phi) is 4.99. The highest BCUT2D eigenvalue weighted by molar-refractivity contribution is 5.83. The molecule has 0 aliphatic heterocycles. The lowest BCUT2D eigenvalue weighted by Crippen LogP contribution is -2.53. The molecule has 1 N–H and O–H groups in total. The molecule has 2 aliphatic rings. The minimum absolute atomic E-state index is 0.0981. The molecule has 0 bridgehead atoms. The Hall–Kier alpha value is -2.05. The van der Waals surface area contributed by atoms with Gasteiger partial charge in [0.1, 0.15) is 11.5 Å². The van der Waals surface area contributed by atoms with Gasteiger partial charge in [-0.25, -0.2) is 4.79 Å². The Balaban J connectivity index is 1.70. The van der Waals surface area contributed by atoms with Crippen molar-refractivity contribution in [3.05, 3.63) is 11.9 Å². The van der Waals surface area contributed by atoms with Crippen molar-refractivity contribution in [1.29, 1.82) is 0 Å². The molecule has 1 aromatic rings. The van der Waals surface area contributed by atoms with Crippen molar-refractivity contribution in [2.75, 3.05) is 6.61 Å². The van der Waals surface area contributed by atoms with Crippen LogP contribution in [0.25, 0.3) is 0 Å². The van der Waals surface area contributed by atoms with Crippen LogP contribution in [0.2, 0.25) is 0 Å². The molecule has 2 saturated carbocycles. The van der Waals surface area contributed by atoms with Gasteiger partial charge in [0, 0.05) is 30.3 Å². The number of aryl methyl sites for hydroxylation is 1. The minimum atomic E-state index is -0.990. The maximum atomic E-state index is 12.0. The van der Waals surface area contributed by atoms with Crippen LogP contribution in [-0.2, 0) is 4.79 Å². The number of ether oxygens (including phenoxy) is 1. The fourth-order valence-electron chi connectivity index (χ4n) is 3.95. The molecule has 144 valence electrons. The van der Waals surface area contributed by atoms with Gasteiger partial charge in [-0.15, -0.1) is 0 Å². The summed E-state index contributed by atoms with van der Waals surface area (Å²) in [6.07, 6.45) is 5.11. The molecular formula is C19H29N3O4. The van der Waals surface area contributed by atoms with Gasteiger partial charge < -0.3 is 9.84 Å². The number of amides is 1. The summed E-state index contributed by atoms with van der Waals surface area (Å²) in [7, 11) is 0. The zero-order chi connectivity index (χ0) is 19.1. The molecule has 1 aromatic heterocycles. The number of carbonyl (C=O) groups is 2. The molecule has 1 amide bonds. The van der Waals surface area contributed by atoms with Gasteiger partial charge in [-0.3, -0.25) is 14.4 Å². The number of hydrogen-bond acceptors (Lipinski definition) is 4. The molecular weight excluding hydrogens is 334 g/mol. The molecule has 2 fully saturated rings. The van der Waals surface area contributed by atoms with Crippen LogP contribution < -0.4 is 4.74 Å². The summed E-state index contributed by atoms with van der Waals surface area (Å²) < 4.78 is 7.96. The average molecular weight is 363 g/mol. The van der Waals surface area contributed by atoms with E-state index in [1.54, 1.807) is 0 Å². The first-order valence-corrected chi connectivity index (χ1v) is 9.39. The lowest BCUT2D eigenvalue weighted by Gasteiger charge is -2.40. The summed E-state index contributed by atoms with van der Waals surface area (Å²) in [5.41, 5.74) is 0.272. The number of carboxylic acid groups (broad SMARTS) is 1. The number of aromatic nitrogens is 2. The second kappa shape index (κ2) is 6.93. The molecule has 0 saturated heterocycles. The topological polar surface area (TPSA) is 84.7 Å². The van der Waals surface area contributed by atoms with Crippen LogP contribution in [0.15, 0.2) is 6.20 Å². The summed E-state index contributed by atoms with van der Waals surface area (Å²) in [4.78, 5) is 25.2. The molecule has 0 radical (unpaired) electrons. The first-order chi connectivity index (χ1) is 12.2. The quantitative estimate of drug-likeness (QED) is 0.866. The van der Waals surface area contributed by atoms with Gasteiger partial charge in [-0.1, -0.05) is 0 Å². The van der Waals surface area contributed by atoms with E-state index in [1.165, 1.54) is 11.3 Å². The summed E-state index contributed by atoms with van der Waals surface area (Å²) in [5.74, 6) is 0.692. The summed E-state index contributed by atoms with van der Waals surface area (Å²) in [6, 6.07) is 0.122. The number of rotatable bonds is 5. The largest absolute Gasteiger partial charge is 0.490 e. The first-order valence-electron chi connectivity index (χ1n) is 9.39. The predicted molar refractivity (Wildman–Crippen MR) is 96.5 cm³/mol. The number of ketones is 1. The van der Waals surface area contributed by atoms with Crippen LogP contribution in [0.5, 0.6) is 5.75 Å². The highest BCUT2D eigenvalue weighted by atomic mass is 16.5. The Labute approximate surface area is 154 Å². The third-order valence-corrected chi connectivity index (χ3v) is 5.50. The van der Waals surface area contributed by atoms with E-state index in [1.807, 2.05) is 38.6 Å². The lowest BCUT2D eigenvalue weighted by molar-refractivity contribution is -0.117. The van der Waals surface area contributed by atoms with Crippen molar-refractivity contribution in [1.82, 2.24) is 14.7 Å². The maximum Gasteiger partial charge on any atom is 0.408 e. The minimum Gasteiger partial charge on any atom is -0.490 e. The fraction of sp³-hybridized carbons (Fsp3) is 0.737. The van der Waals surface area contributed by atoms with Crippen molar-refractivity contribution in [3.63, 3.8) is 0 Å². The Bertz CT molecular complexity index is 687. The highest BCUT2D eigenvalue weighted by Gasteiger charge is 2.43. The molecule has 1 heterocycles. The van der Waals surface area contributed by atoms with E-state index in [0.29, 0.717) is 19.1 Å². The fourth-order valence-corrected chi connectivity index (χ4v) is 3.95. The molecule has 7 nitrogen and oxygen atoms in total. The molecule has 0 aromatic carbocycles. The summed E-state index contributed by atoms with van der Waals surface area (Å²) in [5, 5.41) is 14.2. The van der Waals surface area contributed by atoms with E-state index in [0.717, 1.165) is 24.3 Å². The van der Waals surface area contributed by atoms with Crippen molar-refractivity contribution >= 4 is 11.9 Å². The molecule has 0 spiro atoms. The average Bonchev–Trinajstić information content (AvgIpc) is 2.96. The van der Waals surface area contributed by atoms with E-state index in [4.69, 9.17) is 4.74 Å². The molecule has 26 heavy (non-hydrogen) atoms. The van der Waals surface area contributed by atoms with E-state index < -0.39 is 11.6 Å². The lowest BCUT2D eigenvalue weighted by atomic mass is 9.93. The molecule has 2 atom stereocenters. The normalized spacial score (nSPS) is 23.8. The van der Waals surface area contributed by atoms with E-state index >= 15 is 0 Å². The van der Waals surface area contributed by atoms with Crippen LogP contribution in [-0.4, -0.2) is 49.9 Å². The van der Waals surface area contributed by atoms with E-state index in [2.05, 4.69) is 5.10 Å². The van der Waals surface area contributed by atoms with E-state index in [9.17, 15) is 14.7 Å². The van der Waals surface area contributed by atoms with Gasteiger partial charge in [0.15, 0.2) is 5.75 Å². The van der Waals surface area contributed by atoms with Crippen LogP contribution in [0.3, 0.4) is 0 Å². The summed E-state index contributed by atoms with van der Waals surface area (Å²) in [6.45, 7) is 7.81. The number of Topliss-reactive ketones (excluding diaryl/α,β-unsaturated/α-hetero) is 1. The van der Waals surface area contributed by atoms with Crippen LogP contribution >= 0.6 is 0 Å². The summed E-state index contributed by atoms with van der Waals surface area (Å²) >= 11 is 0. The van der Waals surface area contributed by atoms with Gasteiger partial charge in [0.05, 0.1) is 18.8 Å². The van der Waals surface area contributed by atoms with Gasteiger partial charge in [-0.2, -0.15) is 5.10 Å². The molecule has 2 unspecified atom stereocenters. The zero-order valence-corrected chi connectivity index (χ0v) is 16.1. The first kappa shape index (κ1) is 18.7. The highest BCUT2D eigenvalue weighted by Crippen LogP contribution is 2.35. The SMILES string of the molecule is Cc1nn(C2CCC2)cc1OCC1CC(=O)CC1N(C(=O)O)C(C)(C)C. The van der Waals surface area contributed by atoms with Crippen molar-refractivity contribution < 1.29 is 19.4 Å². The number of carbonyl (C=O) groups excluding carboxylic acids is 1. The Morgan fingerprint density at radius 2 is 2.08 bits per heavy atom. The monoisotopic (exact) mass is 363 g/mol. The van der Waals surface area contributed by atoms with Crippen LogP contribution in [0.4, 0.5) is 4.79 Å². The Morgan fingerprint density at radius 3 is 2.62 bits per heavy atom. The van der Waals surface area contributed by atoms with Crippen LogP contribution in [0, 0.1) is 12.8 Å². The van der Waals surface area contributed by atoms with Crippen molar-refractivity contribution in [2.24, 2.45) is 5.92 Å². The number of nitrogens with zero attached hydrogens (tertiary/aromatic N) is 3. The van der Waals surface area contributed by atoms with Gasteiger partial charge in [0.25, 0.3) is 0 Å². The molecule has 7 heteroatoms. The number of hydrogen-bond donors (Lipinski definition) is 1. The standard InChI is InChI=1S/C19H29N3O4/c1-12-17(10-21(20-12)14-6-5-7-14)26-11-13-8-15(23)9-16(13)22(18(24)25)19(2,3)4/h10,13-14,16H,5-9,11H2,1-4H3,(H,24,25). The van der Waals surface area contributed by atoms with Crippen LogP contribution in [0.1, 0.15) is 64.6 Å². The zero-order valence-electron chi connectivity index (χ0n) is 16.1. The van der Waals surface area contributed by atoms with Gasteiger partial charge in [0.2, 0.25) is 0 Å². The molecule has 3 rings (SSSR count). The second-order valence-electron chi connectivity index (χ2n) is 8.55. The smallest absolute Gasteiger partial charge is 0.408 e. The van der Waals surface area contributed by atoms with Gasteiger partial charge >= 0.3 is 6.09 Å². The third-order valence-electron chi connectivity index (χ3n) is 5.50. The van der Waals surface area contributed by atoms with Crippen molar-refractivity contribution in [2.45, 2.75) is 77.4 Å². The van der Waals surface area contributed by atoms with Gasteiger partial charge in [-0.05, 0) is 47.0 Å². The Morgan fingerprint density at radius 1 is 1.38 bits per heavy atom. The van der Waals surface area contributed by atoms with Crippen molar-refractivity contribution in [3.8, 4) is 5.75 Å². The predicted octanol–water partition coefficient (Wildman–Crippen LogP) is 3.42.